The molecule has 0 saturated carbocycles. The second-order valence-electron chi connectivity index (χ2n) is 2.31. The van der Waals surface area contributed by atoms with Crippen LogP contribution in [0.25, 0.3) is 0 Å². The standard InChI is InChI=1S/C5H9NO4.2C2H3N.K/c6-3(5(9)10)1-2-4(7)8;2*1-2-3;/h3H,1-2,6H2,(H,7,8)(H,9,10);2*1H3;/q;;;+1/p-1. The van der Waals surface area contributed by atoms with E-state index in [-0.39, 0.29) is 64.2 Å². The van der Waals surface area contributed by atoms with Gasteiger partial charge in [-0.3, -0.25) is 4.79 Å². The van der Waals surface area contributed by atoms with Crippen molar-refractivity contribution in [3.05, 3.63) is 0 Å². The first-order chi connectivity index (χ1) is 7.37. The van der Waals surface area contributed by atoms with Crippen molar-refractivity contribution in [1.29, 1.82) is 10.5 Å². The number of hydrogen-bond acceptors (Lipinski definition) is 6. The maximum absolute atomic E-state index is 9.88. The van der Waals surface area contributed by atoms with Crippen molar-refractivity contribution in [3.8, 4) is 12.1 Å². The molecule has 0 spiro atoms. The minimum absolute atomic E-state index is 0. The molecule has 0 aliphatic heterocycles. The van der Waals surface area contributed by atoms with Crippen LogP contribution >= 0.6 is 0 Å². The largest absolute Gasteiger partial charge is 1.00 e. The molecule has 8 heteroatoms. The van der Waals surface area contributed by atoms with Crippen LogP contribution in [0.2, 0.25) is 0 Å². The van der Waals surface area contributed by atoms with E-state index in [1.165, 1.54) is 13.8 Å². The summed E-state index contributed by atoms with van der Waals surface area (Å²) in [5, 5.41) is 32.6. The van der Waals surface area contributed by atoms with Crippen LogP contribution in [-0.2, 0) is 9.59 Å². The van der Waals surface area contributed by atoms with Gasteiger partial charge in [-0.15, -0.1) is 0 Å². The van der Waals surface area contributed by atoms with Crippen molar-refractivity contribution in [2.24, 2.45) is 5.73 Å². The van der Waals surface area contributed by atoms with Crippen LogP contribution < -0.4 is 62.2 Å². The Balaban J connectivity index is -0.000000102. The normalized spacial score (nSPS) is 8.29. The van der Waals surface area contributed by atoms with Crippen LogP contribution in [0.15, 0.2) is 0 Å². The van der Waals surface area contributed by atoms with E-state index < -0.39 is 18.0 Å². The van der Waals surface area contributed by atoms with E-state index in [4.69, 9.17) is 21.4 Å². The molecule has 0 aromatic rings. The zero-order chi connectivity index (χ0) is 13.6. The molecule has 0 aromatic carbocycles. The number of carbonyl (C=O) groups excluding carboxylic acids is 1. The number of carboxylic acid groups (broad SMARTS) is 2. The van der Waals surface area contributed by atoms with Crippen molar-refractivity contribution in [3.63, 3.8) is 0 Å². The number of nitriles is 2. The summed E-state index contributed by atoms with van der Waals surface area (Å²) in [5.74, 6) is -2.47. The minimum atomic E-state index is -1.42. The number of carboxylic acids is 2. The van der Waals surface area contributed by atoms with Gasteiger partial charge in [0.1, 0.15) is 0 Å². The molecular formula is C9H14KN3O4. The monoisotopic (exact) mass is 267 g/mol. The summed E-state index contributed by atoms with van der Waals surface area (Å²) in [6.07, 6.45) is -0.327. The molecule has 0 heterocycles. The Morgan fingerprint density at radius 2 is 1.65 bits per heavy atom. The van der Waals surface area contributed by atoms with Gasteiger partial charge >= 0.3 is 57.4 Å². The van der Waals surface area contributed by atoms with Gasteiger partial charge in [-0.25, -0.2) is 0 Å². The molecule has 0 aliphatic carbocycles. The van der Waals surface area contributed by atoms with Crippen molar-refractivity contribution in [2.45, 2.75) is 32.7 Å². The molecule has 1 unspecified atom stereocenters. The second kappa shape index (κ2) is 20.9. The van der Waals surface area contributed by atoms with Crippen molar-refractivity contribution < 1.29 is 71.2 Å². The van der Waals surface area contributed by atoms with E-state index in [2.05, 4.69) is 0 Å². The predicted molar refractivity (Wildman–Crippen MR) is 52.4 cm³/mol. The molecule has 90 valence electrons. The second-order valence-corrected chi connectivity index (χ2v) is 2.31. The fraction of sp³-hybridized carbons (Fsp3) is 0.556. The maximum Gasteiger partial charge on any atom is 1.00 e. The SMILES string of the molecule is CC#N.CC#N.NC(CCC(=O)O)C(=O)[O-].[K+]. The molecule has 17 heavy (non-hydrogen) atoms. The van der Waals surface area contributed by atoms with Gasteiger partial charge in [0.2, 0.25) is 0 Å². The molecule has 7 nitrogen and oxygen atoms in total. The summed E-state index contributed by atoms with van der Waals surface area (Å²) in [6.45, 7) is 2.86. The van der Waals surface area contributed by atoms with E-state index in [9.17, 15) is 14.7 Å². The van der Waals surface area contributed by atoms with Crippen LogP contribution in [0.5, 0.6) is 0 Å². The first kappa shape index (κ1) is 25.4. The van der Waals surface area contributed by atoms with E-state index in [0.717, 1.165) is 0 Å². The van der Waals surface area contributed by atoms with Crippen LogP contribution in [0.4, 0.5) is 0 Å². The molecule has 0 aromatic heterocycles. The Labute approximate surface area is 143 Å². The molecule has 0 radical (unpaired) electrons. The van der Waals surface area contributed by atoms with Gasteiger partial charge in [-0.1, -0.05) is 0 Å². The van der Waals surface area contributed by atoms with Gasteiger partial charge in [-0.05, 0) is 6.42 Å². The minimum Gasteiger partial charge on any atom is -0.548 e. The Hall–Kier alpha value is -0.484. The third-order valence-electron chi connectivity index (χ3n) is 0.972. The summed E-state index contributed by atoms with van der Waals surface area (Å²) in [4.78, 5) is 19.7. The third kappa shape index (κ3) is 39.1. The summed E-state index contributed by atoms with van der Waals surface area (Å²) in [7, 11) is 0. The maximum atomic E-state index is 9.88. The molecule has 0 saturated heterocycles. The van der Waals surface area contributed by atoms with Crippen molar-refractivity contribution >= 4 is 11.9 Å². The molecule has 0 rings (SSSR count). The van der Waals surface area contributed by atoms with E-state index in [1.54, 1.807) is 12.1 Å². The zero-order valence-electron chi connectivity index (χ0n) is 10.1. The summed E-state index contributed by atoms with van der Waals surface area (Å²) in [6, 6.07) is 2.33. The Morgan fingerprint density at radius 3 is 1.82 bits per heavy atom. The first-order valence-electron chi connectivity index (χ1n) is 4.17. The summed E-state index contributed by atoms with van der Waals surface area (Å²) in [5.41, 5.74) is 4.94. The molecule has 0 amide bonds. The van der Waals surface area contributed by atoms with Gasteiger partial charge in [0, 0.05) is 26.3 Å². The first-order valence-corrected chi connectivity index (χ1v) is 4.17. The van der Waals surface area contributed by atoms with Crippen LogP contribution in [0.1, 0.15) is 26.7 Å². The van der Waals surface area contributed by atoms with Gasteiger partial charge < -0.3 is 20.7 Å². The van der Waals surface area contributed by atoms with Gasteiger partial charge in [0.05, 0.1) is 18.1 Å². The van der Waals surface area contributed by atoms with Crippen molar-refractivity contribution in [1.82, 2.24) is 0 Å². The topological polar surface area (TPSA) is 151 Å². The number of nitrogens with two attached hydrogens (primary N) is 1. The van der Waals surface area contributed by atoms with Gasteiger partial charge in [0.15, 0.2) is 0 Å². The van der Waals surface area contributed by atoms with E-state index in [0.29, 0.717) is 0 Å². The molecule has 1 atom stereocenters. The number of nitrogens with zero attached hydrogens (tertiary/aromatic N) is 2. The molecule has 3 N–H and O–H groups in total. The van der Waals surface area contributed by atoms with Gasteiger partial charge in [0.25, 0.3) is 0 Å². The number of rotatable bonds is 4. The molecular weight excluding hydrogens is 253 g/mol. The predicted octanol–water partition coefficient (Wildman–Crippen LogP) is -4.01. The fourth-order valence-corrected chi connectivity index (χ4v) is 0.397. The summed E-state index contributed by atoms with van der Waals surface area (Å²) >= 11 is 0. The van der Waals surface area contributed by atoms with Gasteiger partial charge in [-0.2, -0.15) is 10.5 Å². The van der Waals surface area contributed by atoms with Crippen LogP contribution in [-0.4, -0.2) is 23.1 Å². The van der Waals surface area contributed by atoms with Crippen LogP contribution in [0.3, 0.4) is 0 Å². The van der Waals surface area contributed by atoms with Crippen molar-refractivity contribution in [2.75, 3.05) is 0 Å². The Kier molecular flexibility index (Phi) is 31.2. The average molecular weight is 267 g/mol. The molecule has 0 bridgehead atoms. The third-order valence-corrected chi connectivity index (χ3v) is 0.972. The Morgan fingerprint density at radius 1 is 1.35 bits per heavy atom. The van der Waals surface area contributed by atoms with E-state index in [1.807, 2.05) is 0 Å². The number of hydrogen-bond donors (Lipinski definition) is 2. The van der Waals surface area contributed by atoms with Crippen LogP contribution in [0, 0.1) is 22.7 Å². The average Bonchev–Trinajstić information content (AvgIpc) is 2.16. The summed E-state index contributed by atoms with van der Waals surface area (Å²) < 4.78 is 0. The molecule has 0 aliphatic rings. The number of aliphatic carboxylic acids is 2. The fourth-order valence-electron chi connectivity index (χ4n) is 0.397. The smallest absolute Gasteiger partial charge is 0.548 e. The zero-order valence-corrected chi connectivity index (χ0v) is 13.3. The Bertz CT molecular complexity index is 271. The quantitative estimate of drug-likeness (QED) is 0.492. The van der Waals surface area contributed by atoms with E-state index >= 15 is 0 Å². The molecule has 0 fully saturated rings. The number of carbonyl (C=O) groups is 2.